The standard InChI is InChI=1S/C11H16O2Si/c1-14(2,3)8-6-10-11(13-10)9-5-4-7-12-9/h4-8,10-11H,1-3H3/b8-6+/t10-,11-/m1/s1. The van der Waals surface area contributed by atoms with Crippen LogP contribution in [0.4, 0.5) is 0 Å². The zero-order valence-corrected chi connectivity index (χ0v) is 9.86. The van der Waals surface area contributed by atoms with E-state index in [9.17, 15) is 0 Å². The molecular weight excluding hydrogens is 192 g/mol. The van der Waals surface area contributed by atoms with Crippen LogP contribution in [0.25, 0.3) is 0 Å². The van der Waals surface area contributed by atoms with Crippen molar-refractivity contribution >= 4 is 8.07 Å². The fraction of sp³-hybridized carbons (Fsp3) is 0.455. The summed E-state index contributed by atoms with van der Waals surface area (Å²) in [6.07, 6.45) is 4.28. The van der Waals surface area contributed by atoms with Gasteiger partial charge in [-0.2, -0.15) is 0 Å². The van der Waals surface area contributed by atoms with Crippen molar-refractivity contribution in [3.05, 3.63) is 35.9 Å². The minimum absolute atomic E-state index is 0.164. The van der Waals surface area contributed by atoms with Crippen LogP contribution in [-0.2, 0) is 4.74 Å². The maximum atomic E-state index is 5.50. The minimum Gasteiger partial charge on any atom is -0.466 e. The van der Waals surface area contributed by atoms with E-state index in [0.717, 1.165) is 5.76 Å². The van der Waals surface area contributed by atoms with E-state index in [2.05, 4.69) is 31.4 Å². The summed E-state index contributed by atoms with van der Waals surface area (Å²) in [7, 11) is -1.09. The fourth-order valence-corrected chi connectivity index (χ4v) is 2.10. The molecular formula is C11H16O2Si. The van der Waals surface area contributed by atoms with Crippen LogP contribution in [0.3, 0.4) is 0 Å². The molecule has 0 bridgehead atoms. The average molecular weight is 208 g/mol. The van der Waals surface area contributed by atoms with E-state index in [4.69, 9.17) is 9.15 Å². The molecule has 2 atom stereocenters. The highest BCUT2D eigenvalue weighted by Gasteiger charge is 2.40. The van der Waals surface area contributed by atoms with Crippen LogP contribution in [-0.4, -0.2) is 14.2 Å². The van der Waals surface area contributed by atoms with Crippen molar-refractivity contribution < 1.29 is 9.15 Å². The number of epoxide rings is 1. The second-order valence-electron chi connectivity index (χ2n) is 4.76. The second kappa shape index (κ2) is 3.40. The van der Waals surface area contributed by atoms with Gasteiger partial charge in [-0.3, -0.25) is 0 Å². The first-order valence-electron chi connectivity index (χ1n) is 4.94. The molecule has 2 heterocycles. The van der Waals surface area contributed by atoms with E-state index >= 15 is 0 Å². The summed E-state index contributed by atoms with van der Waals surface area (Å²) in [5.41, 5.74) is 2.32. The van der Waals surface area contributed by atoms with Gasteiger partial charge in [-0.25, -0.2) is 0 Å². The first-order chi connectivity index (χ1) is 6.56. The van der Waals surface area contributed by atoms with Gasteiger partial charge >= 0.3 is 0 Å². The lowest BCUT2D eigenvalue weighted by molar-refractivity contribution is 0.359. The number of furan rings is 1. The van der Waals surface area contributed by atoms with Crippen molar-refractivity contribution in [1.82, 2.24) is 0 Å². The van der Waals surface area contributed by atoms with E-state index in [-0.39, 0.29) is 12.2 Å². The van der Waals surface area contributed by atoms with Crippen molar-refractivity contribution in [3.8, 4) is 0 Å². The van der Waals surface area contributed by atoms with Gasteiger partial charge in [0.1, 0.15) is 18.0 Å². The molecule has 1 aromatic rings. The molecule has 1 aromatic heterocycles. The Morgan fingerprint density at radius 1 is 1.36 bits per heavy atom. The van der Waals surface area contributed by atoms with Gasteiger partial charge in [0, 0.05) is 0 Å². The van der Waals surface area contributed by atoms with Gasteiger partial charge in [0.25, 0.3) is 0 Å². The predicted octanol–water partition coefficient (Wildman–Crippen LogP) is 3.15. The van der Waals surface area contributed by atoms with E-state index in [1.807, 2.05) is 12.1 Å². The van der Waals surface area contributed by atoms with Crippen LogP contribution in [0, 0.1) is 0 Å². The molecule has 0 aromatic carbocycles. The molecule has 0 saturated carbocycles. The summed E-state index contributed by atoms with van der Waals surface area (Å²) in [5.74, 6) is 0.940. The molecule has 2 rings (SSSR count). The first kappa shape index (κ1) is 9.74. The highest BCUT2D eigenvalue weighted by molar-refractivity contribution is 6.80. The van der Waals surface area contributed by atoms with Crippen LogP contribution < -0.4 is 0 Å². The van der Waals surface area contributed by atoms with Crippen LogP contribution in [0.5, 0.6) is 0 Å². The van der Waals surface area contributed by atoms with Crippen LogP contribution in [0.2, 0.25) is 19.6 Å². The Bertz CT molecular complexity index is 322. The molecule has 1 aliphatic heterocycles. The normalized spacial score (nSPS) is 27.1. The van der Waals surface area contributed by atoms with Gasteiger partial charge in [-0.1, -0.05) is 31.4 Å². The van der Waals surface area contributed by atoms with Gasteiger partial charge in [0.05, 0.1) is 14.3 Å². The highest BCUT2D eigenvalue weighted by Crippen LogP contribution is 2.39. The minimum atomic E-state index is -1.09. The molecule has 1 saturated heterocycles. The molecule has 3 heteroatoms. The van der Waals surface area contributed by atoms with Gasteiger partial charge in [-0.05, 0) is 12.1 Å². The molecule has 14 heavy (non-hydrogen) atoms. The average Bonchev–Trinajstić information content (AvgIpc) is 2.65. The molecule has 0 spiro atoms. The monoisotopic (exact) mass is 208 g/mol. The van der Waals surface area contributed by atoms with Crippen LogP contribution >= 0.6 is 0 Å². The third-order valence-corrected chi connectivity index (χ3v) is 3.33. The molecule has 0 amide bonds. The Morgan fingerprint density at radius 2 is 2.14 bits per heavy atom. The van der Waals surface area contributed by atoms with Gasteiger partial charge in [-0.15, -0.1) is 0 Å². The van der Waals surface area contributed by atoms with Crippen molar-refractivity contribution in [1.29, 1.82) is 0 Å². The molecule has 0 unspecified atom stereocenters. The maximum Gasteiger partial charge on any atom is 0.146 e. The second-order valence-corrected chi connectivity index (χ2v) is 9.83. The van der Waals surface area contributed by atoms with Crippen molar-refractivity contribution in [2.75, 3.05) is 0 Å². The summed E-state index contributed by atoms with van der Waals surface area (Å²) < 4.78 is 10.8. The summed E-state index contributed by atoms with van der Waals surface area (Å²) in [6, 6.07) is 3.86. The fourth-order valence-electron chi connectivity index (χ4n) is 1.34. The summed E-state index contributed by atoms with van der Waals surface area (Å²) in [6.45, 7) is 6.94. The molecule has 0 N–H and O–H groups in total. The lowest BCUT2D eigenvalue weighted by Crippen LogP contribution is -2.15. The molecule has 1 fully saturated rings. The van der Waals surface area contributed by atoms with E-state index in [1.54, 1.807) is 6.26 Å². The van der Waals surface area contributed by atoms with E-state index in [0.29, 0.717) is 0 Å². The van der Waals surface area contributed by atoms with Crippen LogP contribution in [0.15, 0.2) is 34.6 Å². The maximum absolute atomic E-state index is 5.50. The zero-order valence-electron chi connectivity index (χ0n) is 8.86. The summed E-state index contributed by atoms with van der Waals surface area (Å²) in [5, 5.41) is 0. The van der Waals surface area contributed by atoms with Crippen molar-refractivity contribution in [2.24, 2.45) is 0 Å². The quantitative estimate of drug-likeness (QED) is 0.563. The lowest BCUT2D eigenvalue weighted by atomic mass is 10.2. The smallest absolute Gasteiger partial charge is 0.146 e. The Kier molecular flexibility index (Phi) is 2.37. The lowest BCUT2D eigenvalue weighted by Gasteiger charge is -2.06. The predicted molar refractivity (Wildman–Crippen MR) is 58.8 cm³/mol. The molecule has 76 valence electrons. The van der Waals surface area contributed by atoms with Crippen LogP contribution in [0.1, 0.15) is 11.9 Å². The largest absolute Gasteiger partial charge is 0.466 e. The van der Waals surface area contributed by atoms with E-state index < -0.39 is 8.07 Å². The SMILES string of the molecule is C[Si](C)(C)/C=C/[C@H]1O[C@@H]1c1ccco1. The summed E-state index contributed by atoms with van der Waals surface area (Å²) in [4.78, 5) is 0. The highest BCUT2D eigenvalue weighted by atomic mass is 28.3. The first-order valence-corrected chi connectivity index (χ1v) is 8.52. The summed E-state index contributed by atoms with van der Waals surface area (Å²) >= 11 is 0. The zero-order chi connectivity index (χ0) is 10.2. The topological polar surface area (TPSA) is 25.7 Å². The molecule has 0 aliphatic carbocycles. The number of hydrogen-bond donors (Lipinski definition) is 0. The number of ether oxygens (including phenoxy) is 1. The molecule has 1 aliphatic rings. The van der Waals surface area contributed by atoms with Crippen molar-refractivity contribution in [2.45, 2.75) is 31.8 Å². The third kappa shape index (κ3) is 2.36. The van der Waals surface area contributed by atoms with Gasteiger partial charge in [0.15, 0.2) is 0 Å². The Hall–Kier alpha value is -0.803. The number of rotatable bonds is 3. The Morgan fingerprint density at radius 3 is 2.71 bits per heavy atom. The molecule has 0 radical (unpaired) electrons. The van der Waals surface area contributed by atoms with E-state index in [1.165, 1.54) is 0 Å². The number of hydrogen-bond acceptors (Lipinski definition) is 2. The van der Waals surface area contributed by atoms with Gasteiger partial charge < -0.3 is 9.15 Å². The van der Waals surface area contributed by atoms with Gasteiger partial charge in [0.2, 0.25) is 0 Å². The Labute approximate surface area is 85.6 Å². The van der Waals surface area contributed by atoms with Crippen molar-refractivity contribution in [3.63, 3.8) is 0 Å². The third-order valence-electron chi connectivity index (χ3n) is 2.14. The molecule has 2 nitrogen and oxygen atoms in total. The Balaban J connectivity index is 1.91.